The Bertz CT molecular complexity index is 469. The second kappa shape index (κ2) is 10.6. The molecule has 2 N–H and O–H groups in total. The van der Waals surface area contributed by atoms with Crippen LogP contribution >= 0.6 is 11.3 Å². The largest absolute Gasteiger partial charge is 0.379 e. The van der Waals surface area contributed by atoms with E-state index in [2.05, 4.69) is 39.6 Å². The van der Waals surface area contributed by atoms with Crippen molar-refractivity contribution in [2.45, 2.75) is 32.7 Å². The first kappa shape index (κ1) is 18.2. The first-order chi connectivity index (χ1) is 11.3. The number of hydrogen-bond acceptors (Lipinski definition) is 4. The van der Waals surface area contributed by atoms with Crippen LogP contribution in [-0.4, -0.2) is 57.3 Å². The fourth-order valence-corrected chi connectivity index (χ4v) is 3.49. The van der Waals surface area contributed by atoms with Gasteiger partial charge in [-0.05, 0) is 37.9 Å². The highest BCUT2D eigenvalue weighted by atomic mass is 32.1. The zero-order valence-electron chi connectivity index (χ0n) is 14.4. The van der Waals surface area contributed by atoms with E-state index in [1.165, 1.54) is 22.7 Å². The molecule has 1 fully saturated rings. The third-order valence-electron chi connectivity index (χ3n) is 4.02. The average Bonchev–Trinajstić information content (AvgIpc) is 3.06. The van der Waals surface area contributed by atoms with Gasteiger partial charge in [0.15, 0.2) is 5.96 Å². The van der Waals surface area contributed by atoms with Crippen molar-refractivity contribution in [1.29, 1.82) is 0 Å². The van der Waals surface area contributed by atoms with Crippen molar-refractivity contribution in [3.8, 4) is 0 Å². The zero-order chi connectivity index (χ0) is 16.3. The maximum atomic E-state index is 5.37. The van der Waals surface area contributed by atoms with Gasteiger partial charge in [-0.2, -0.15) is 0 Å². The SMILES string of the molecule is CCc1ccc(CNC(=NC)NCCCCN2CCOCC2)s1. The predicted molar refractivity (Wildman–Crippen MR) is 98.4 cm³/mol. The van der Waals surface area contributed by atoms with Crippen molar-refractivity contribution in [3.05, 3.63) is 21.9 Å². The smallest absolute Gasteiger partial charge is 0.191 e. The summed E-state index contributed by atoms with van der Waals surface area (Å²) in [6.07, 6.45) is 3.49. The summed E-state index contributed by atoms with van der Waals surface area (Å²) >= 11 is 1.87. The Labute approximate surface area is 144 Å². The fourth-order valence-electron chi connectivity index (χ4n) is 2.59. The summed E-state index contributed by atoms with van der Waals surface area (Å²) in [7, 11) is 1.83. The molecule has 2 rings (SSSR count). The van der Waals surface area contributed by atoms with Gasteiger partial charge in [-0.25, -0.2) is 0 Å². The van der Waals surface area contributed by atoms with Gasteiger partial charge in [0.1, 0.15) is 0 Å². The molecule has 6 heteroatoms. The molecular formula is C17H30N4OS. The minimum atomic E-state index is 0.845. The summed E-state index contributed by atoms with van der Waals surface area (Å²) in [5.74, 6) is 0.892. The summed E-state index contributed by atoms with van der Waals surface area (Å²) in [6, 6.07) is 4.41. The molecule has 1 aliphatic heterocycles. The number of aliphatic imine (C=N–C) groups is 1. The van der Waals surface area contributed by atoms with E-state index in [0.29, 0.717) is 0 Å². The molecule has 1 aromatic rings. The van der Waals surface area contributed by atoms with Gasteiger partial charge in [0.25, 0.3) is 0 Å². The Morgan fingerprint density at radius 3 is 2.70 bits per heavy atom. The Morgan fingerprint density at radius 2 is 2.00 bits per heavy atom. The van der Waals surface area contributed by atoms with Gasteiger partial charge < -0.3 is 15.4 Å². The second-order valence-corrected chi connectivity index (χ2v) is 6.99. The molecule has 0 radical (unpaired) electrons. The molecule has 0 aromatic carbocycles. The van der Waals surface area contributed by atoms with Crippen molar-refractivity contribution in [2.75, 3.05) is 46.4 Å². The molecule has 5 nitrogen and oxygen atoms in total. The number of nitrogens with zero attached hydrogens (tertiary/aromatic N) is 2. The van der Waals surface area contributed by atoms with Crippen LogP contribution in [0, 0.1) is 0 Å². The van der Waals surface area contributed by atoms with E-state index in [1.807, 2.05) is 18.4 Å². The van der Waals surface area contributed by atoms with Gasteiger partial charge in [0.05, 0.1) is 19.8 Å². The highest BCUT2D eigenvalue weighted by molar-refractivity contribution is 7.11. The van der Waals surface area contributed by atoms with Crippen LogP contribution in [0.25, 0.3) is 0 Å². The topological polar surface area (TPSA) is 48.9 Å². The van der Waals surface area contributed by atoms with Crippen LogP contribution in [0.5, 0.6) is 0 Å². The van der Waals surface area contributed by atoms with Gasteiger partial charge in [-0.1, -0.05) is 6.92 Å². The number of guanidine groups is 1. The normalized spacial score (nSPS) is 16.5. The third-order valence-corrected chi connectivity index (χ3v) is 5.25. The molecule has 0 aliphatic carbocycles. The van der Waals surface area contributed by atoms with Gasteiger partial charge in [-0.15, -0.1) is 11.3 Å². The Balaban J connectivity index is 1.55. The van der Waals surface area contributed by atoms with Crippen molar-refractivity contribution >= 4 is 17.3 Å². The van der Waals surface area contributed by atoms with Crippen LogP contribution in [0.3, 0.4) is 0 Å². The molecular weight excluding hydrogens is 308 g/mol. The molecule has 1 aliphatic rings. The molecule has 2 heterocycles. The van der Waals surface area contributed by atoms with Gasteiger partial charge in [-0.3, -0.25) is 9.89 Å². The molecule has 0 bridgehead atoms. The summed E-state index contributed by atoms with van der Waals surface area (Å²) in [4.78, 5) is 9.57. The molecule has 0 saturated carbocycles. The Kier molecular flexibility index (Phi) is 8.42. The van der Waals surface area contributed by atoms with E-state index in [-0.39, 0.29) is 0 Å². The highest BCUT2D eigenvalue weighted by Crippen LogP contribution is 2.16. The van der Waals surface area contributed by atoms with Crippen molar-refractivity contribution in [2.24, 2.45) is 4.99 Å². The van der Waals surface area contributed by atoms with E-state index >= 15 is 0 Å². The molecule has 1 aromatic heterocycles. The minimum absolute atomic E-state index is 0.845. The Morgan fingerprint density at radius 1 is 1.22 bits per heavy atom. The van der Waals surface area contributed by atoms with E-state index in [1.54, 1.807) is 0 Å². The second-order valence-electron chi connectivity index (χ2n) is 5.74. The fraction of sp³-hybridized carbons (Fsp3) is 0.706. The minimum Gasteiger partial charge on any atom is -0.379 e. The zero-order valence-corrected chi connectivity index (χ0v) is 15.3. The number of thiophene rings is 1. The van der Waals surface area contributed by atoms with Crippen molar-refractivity contribution in [1.82, 2.24) is 15.5 Å². The van der Waals surface area contributed by atoms with E-state index in [9.17, 15) is 0 Å². The lowest BCUT2D eigenvalue weighted by atomic mass is 10.3. The standard InChI is InChI=1S/C17H30N4OS/c1-3-15-6-7-16(23-15)14-20-17(18-2)19-8-4-5-9-21-10-12-22-13-11-21/h6-7H,3-5,8-14H2,1-2H3,(H2,18,19,20). The number of ether oxygens (including phenoxy) is 1. The molecule has 1 saturated heterocycles. The highest BCUT2D eigenvalue weighted by Gasteiger charge is 2.09. The monoisotopic (exact) mass is 338 g/mol. The maximum absolute atomic E-state index is 5.37. The lowest BCUT2D eigenvalue weighted by molar-refractivity contribution is 0.0372. The number of hydrogen-bond donors (Lipinski definition) is 2. The molecule has 0 amide bonds. The van der Waals surface area contributed by atoms with Gasteiger partial charge in [0, 0.05) is 36.4 Å². The first-order valence-electron chi connectivity index (χ1n) is 8.64. The van der Waals surface area contributed by atoms with Crippen LogP contribution in [0.4, 0.5) is 0 Å². The van der Waals surface area contributed by atoms with Gasteiger partial charge >= 0.3 is 0 Å². The molecule has 0 spiro atoms. The summed E-state index contributed by atoms with van der Waals surface area (Å²) in [5.41, 5.74) is 0. The third kappa shape index (κ3) is 6.89. The van der Waals surface area contributed by atoms with Gasteiger partial charge in [0.2, 0.25) is 0 Å². The maximum Gasteiger partial charge on any atom is 0.191 e. The van der Waals surface area contributed by atoms with Crippen molar-refractivity contribution < 1.29 is 4.74 Å². The van der Waals surface area contributed by atoms with E-state index < -0.39 is 0 Å². The number of aryl methyl sites for hydroxylation is 1. The Hall–Kier alpha value is -1.11. The summed E-state index contributed by atoms with van der Waals surface area (Å²) < 4.78 is 5.37. The average molecular weight is 339 g/mol. The summed E-state index contributed by atoms with van der Waals surface area (Å²) in [6.45, 7) is 9.11. The summed E-state index contributed by atoms with van der Waals surface area (Å²) in [5, 5.41) is 6.78. The molecule has 0 atom stereocenters. The molecule has 23 heavy (non-hydrogen) atoms. The van der Waals surface area contributed by atoms with Crippen molar-refractivity contribution in [3.63, 3.8) is 0 Å². The molecule has 130 valence electrons. The number of rotatable bonds is 8. The van der Waals surface area contributed by atoms with Crippen LogP contribution in [0.1, 0.15) is 29.5 Å². The van der Waals surface area contributed by atoms with E-state index in [4.69, 9.17) is 4.74 Å². The lowest BCUT2D eigenvalue weighted by Crippen LogP contribution is -2.38. The quantitative estimate of drug-likeness (QED) is 0.433. The number of nitrogens with one attached hydrogen (secondary N) is 2. The van der Waals surface area contributed by atoms with Crippen LogP contribution in [0.2, 0.25) is 0 Å². The van der Waals surface area contributed by atoms with Crippen LogP contribution in [0.15, 0.2) is 17.1 Å². The predicted octanol–water partition coefficient (Wildman–Crippen LogP) is 2.09. The number of morpholine rings is 1. The molecule has 0 unspecified atom stereocenters. The first-order valence-corrected chi connectivity index (χ1v) is 9.45. The lowest BCUT2D eigenvalue weighted by Gasteiger charge is -2.26. The van der Waals surface area contributed by atoms with E-state index in [0.717, 1.165) is 58.2 Å². The number of unbranched alkanes of at least 4 members (excludes halogenated alkanes) is 1. The van der Waals surface area contributed by atoms with Crippen LogP contribution < -0.4 is 10.6 Å². The van der Waals surface area contributed by atoms with Crippen LogP contribution in [-0.2, 0) is 17.7 Å².